The van der Waals surface area contributed by atoms with Gasteiger partial charge in [-0.2, -0.15) is 0 Å². The standard InChI is InChI=1S/C12H23NO4/c1-12(2,3)8-10(14)13-9(11(15)16)6-5-7-17-4/h9H,5-8H2,1-4H3,(H,13,14)(H,15,16). The summed E-state index contributed by atoms with van der Waals surface area (Å²) in [5.41, 5.74) is -0.139. The highest BCUT2D eigenvalue weighted by molar-refractivity contribution is 5.83. The Balaban J connectivity index is 4.16. The van der Waals surface area contributed by atoms with Crippen molar-refractivity contribution in [3.63, 3.8) is 0 Å². The first-order valence-electron chi connectivity index (χ1n) is 5.77. The van der Waals surface area contributed by atoms with Gasteiger partial charge < -0.3 is 15.2 Å². The summed E-state index contributed by atoms with van der Waals surface area (Å²) in [6.45, 7) is 6.31. The molecule has 0 heterocycles. The monoisotopic (exact) mass is 245 g/mol. The first-order chi connectivity index (χ1) is 7.76. The Kier molecular flexibility index (Phi) is 6.80. The Bertz CT molecular complexity index is 258. The zero-order valence-electron chi connectivity index (χ0n) is 11.1. The number of carbonyl (C=O) groups excluding carboxylic acids is 1. The van der Waals surface area contributed by atoms with Crippen LogP contribution in [0.25, 0.3) is 0 Å². The lowest BCUT2D eigenvalue weighted by atomic mass is 9.92. The third kappa shape index (κ3) is 8.68. The Morgan fingerprint density at radius 1 is 1.35 bits per heavy atom. The third-order valence-electron chi connectivity index (χ3n) is 2.17. The molecule has 0 aliphatic carbocycles. The number of carboxylic acid groups (broad SMARTS) is 1. The number of nitrogens with one attached hydrogen (secondary N) is 1. The molecule has 0 rings (SSSR count). The van der Waals surface area contributed by atoms with E-state index in [1.54, 1.807) is 7.11 Å². The zero-order chi connectivity index (χ0) is 13.5. The van der Waals surface area contributed by atoms with Crippen molar-refractivity contribution in [1.82, 2.24) is 5.32 Å². The highest BCUT2D eigenvalue weighted by atomic mass is 16.5. The van der Waals surface area contributed by atoms with Crippen LogP contribution in [0, 0.1) is 5.41 Å². The molecule has 100 valence electrons. The second-order valence-corrected chi connectivity index (χ2v) is 5.33. The molecule has 17 heavy (non-hydrogen) atoms. The molecule has 5 heteroatoms. The number of carboxylic acids is 1. The topological polar surface area (TPSA) is 75.6 Å². The minimum atomic E-state index is -0.997. The maximum Gasteiger partial charge on any atom is 0.326 e. The predicted octanol–water partition coefficient (Wildman–Crippen LogP) is 1.42. The fourth-order valence-corrected chi connectivity index (χ4v) is 1.42. The Morgan fingerprint density at radius 2 is 1.94 bits per heavy atom. The van der Waals surface area contributed by atoms with E-state index in [4.69, 9.17) is 9.84 Å². The smallest absolute Gasteiger partial charge is 0.326 e. The summed E-state index contributed by atoms with van der Waals surface area (Å²) < 4.78 is 4.85. The van der Waals surface area contributed by atoms with Crippen LogP contribution in [0.15, 0.2) is 0 Å². The number of amides is 1. The predicted molar refractivity (Wildman–Crippen MR) is 64.7 cm³/mol. The van der Waals surface area contributed by atoms with Crippen molar-refractivity contribution in [2.45, 2.75) is 46.1 Å². The molecule has 0 aromatic rings. The highest BCUT2D eigenvalue weighted by Gasteiger charge is 2.22. The largest absolute Gasteiger partial charge is 0.480 e. The van der Waals surface area contributed by atoms with Crippen LogP contribution < -0.4 is 5.32 Å². The van der Waals surface area contributed by atoms with Gasteiger partial charge in [-0.05, 0) is 18.3 Å². The van der Waals surface area contributed by atoms with E-state index in [0.717, 1.165) is 0 Å². The van der Waals surface area contributed by atoms with Gasteiger partial charge in [-0.3, -0.25) is 4.79 Å². The lowest BCUT2D eigenvalue weighted by Crippen LogP contribution is -2.42. The molecule has 0 aromatic carbocycles. The summed E-state index contributed by atoms with van der Waals surface area (Å²) >= 11 is 0. The summed E-state index contributed by atoms with van der Waals surface area (Å²) in [6, 6.07) is -0.819. The van der Waals surface area contributed by atoms with Crippen molar-refractivity contribution in [3.05, 3.63) is 0 Å². The van der Waals surface area contributed by atoms with Gasteiger partial charge in [0.15, 0.2) is 0 Å². The molecule has 0 fully saturated rings. The maximum atomic E-state index is 11.6. The van der Waals surface area contributed by atoms with E-state index in [-0.39, 0.29) is 11.3 Å². The molecule has 0 radical (unpaired) electrons. The summed E-state index contributed by atoms with van der Waals surface area (Å²) in [7, 11) is 1.56. The minimum absolute atomic E-state index is 0.139. The maximum absolute atomic E-state index is 11.6. The average molecular weight is 245 g/mol. The Morgan fingerprint density at radius 3 is 2.35 bits per heavy atom. The minimum Gasteiger partial charge on any atom is -0.480 e. The number of hydrogen-bond donors (Lipinski definition) is 2. The summed E-state index contributed by atoms with van der Waals surface area (Å²) in [4.78, 5) is 22.5. The number of aliphatic carboxylic acids is 1. The second-order valence-electron chi connectivity index (χ2n) is 5.33. The number of carbonyl (C=O) groups is 2. The molecule has 0 spiro atoms. The van der Waals surface area contributed by atoms with Crippen molar-refractivity contribution in [1.29, 1.82) is 0 Å². The van der Waals surface area contributed by atoms with Gasteiger partial charge >= 0.3 is 5.97 Å². The van der Waals surface area contributed by atoms with Crippen molar-refractivity contribution in [2.75, 3.05) is 13.7 Å². The molecular weight excluding hydrogens is 222 g/mol. The zero-order valence-corrected chi connectivity index (χ0v) is 11.1. The van der Waals surface area contributed by atoms with Crippen molar-refractivity contribution in [3.8, 4) is 0 Å². The van der Waals surface area contributed by atoms with Gasteiger partial charge in [0.05, 0.1) is 0 Å². The summed E-state index contributed by atoms with van der Waals surface area (Å²) in [6.07, 6.45) is 1.32. The van der Waals surface area contributed by atoms with Crippen molar-refractivity contribution < 1.29 is 19.4 Å². The van der Waals surface area contributed by atoms with E-state index in [0.29, 0.717) is 25.9 Å². The first kappa shape index (κ1) is 15.9. The second kappa shape index (κ2) is 7.27. The Labute approximate surface area is 103 Å². The van der Waals surface area contributed by atoms with Gasteiger partial charge in [0.2, 0.25) is 5.91 Å². The van der Waals surface area contributed by atoms with Crippen LogP contribution >= 0.6 is 0 Å². The summed E-state index contributed by atoms with van der Waals surface area (Å²) in [5, 5.41) is 11.5. The first-order valence-corrected chi connectivity index (χ1v) is 5.77. The molecule has 2 N–H and O–H groups in total. The third-order valence-corrected chi connectivity index (χ3v) is 2.17. The van der Waals surface area contributed by atoms with Gasteiger partial charge in [-0.1, -0.05) is 20.8 Å². The van der Waals surface area contributed by atoms with Crippen molar-refractivity contribution >= 4 is 11.9 Å². The fourth-order valence-electron chi connectivity index (χ4n) is 1.42. The van der Waals surface area contributed by atoms with Gasteiger partial charge in [-0.25, -0.2) is 4.79 Å². The molecule has 0 saturated carbocycles. The van der Waals surface area contributed by atoms with Crippen LogP contribution in [0.4, 0.5) is 0 Å². The molecule has 0 aromatic heterocycles. The van der Waals surface area contributed by atoms with Crippen LogP contribution in [0.3, 0.4) is 0 Å². The van der Waals surface area contributed by atoms with Crippen molar-refractivity contribution in [2.24, 2.45) is 5.41 Å². The summed E-state index contributed by atoms with van der Waals surface area (Å²) in [5.74, 6) is -1.22. The van der Waals surface area contributed by atoms with Gasteiger partial charge in [0.25, 0.3) is 0 Å². The normalized spacial score (nSPS) is 13.2. The molecule has 0 aliphatic rings. The Hall–Kier alpha value is -1.10. The molecule has 1 amide bonds. The lowest BCUT2D eigenvalue weighted by Gasteiger charge is -2.20. The number of ether oxygens (including phenoxy) is 1. The van der Waals surface area contributed by atoms with E-state index in [1.165, 1.54) is 0 Å². The van der Waals surface area contributed by atoms with E-state index >= 15 is 0 Å². The van der Waals surface area contributed by atoms with Gasteiger partial charge in [0.1, 0.15) is 6.04 Å². The van der Waals surface area contributed by atoms with Crippen LogP contribution in [0.1, 0.15) is 40.0 Å². The molecule has 0 aliphatic heterocycles. The number of rotatable bonds is 7. The SMILES string of the molecule is COCCCC(NC(=O)CC(C)(C)C)C(=O)O. The molecular formula is C12H23NO4. The molecule has 1 atom stereocenters. The average Bonchev–Trinajstić information content (AvgIpc) is 2.13. The van der Waals surface area contributed by atoms with E-state index < -0.39 is 12.0 Å². The quantitative estimate of drug-likeness (QED) is 0.665. The highest BCUT2D eigenvalue weighted by Crippen LogP contribution is 2.18. The number of methoxy groups -OCH3 is 1. The van der Waals surface area contributed by atoms with Crippen LogP contribution in [0.5, 0.6) is 0 Å². The molecule has 1 unspecified atom stereocenters. The number of hydrogen-bond acceptors (Lipinski definition) is 3. The lowest BCUT2D eigenvalue weighted by molar-refractivity contribution is -0.142. The van der Waals surface area contributed by atoms with E-state index in [1.807, 2.05) is 20.8 Å². The van der Waals surface area contributed by atoms with Crippen LogP contribution in [0.2, 0.25) is 0 Å². The van der Waals surface area contributed by atoms with Gasteiger partial charge in [-0.15, -0.1) is 0 Å². The van der Waals surface area contributed by atoms with Gasteiger partial charge in [0, 0.05) is 20.1 Å². The molecule has 0 saturated heterocycles. The molecule has 5 nitrogen and oxygen atoms in total. The van der Waals surface area contributed by atoms with E-state index in [2.05, 4.69) is 5.32 Å². The van der Waals surface area contributed by atoms with E-state index in [9.17, 15) is 9.59 Å². The fraction of sp³-hybridized carbons (Fsp3) is 0.833. The van der Waals surface area contributed by atoms with Crippen LogP contribution in [-0.2, 0) is 14.3 Å². The van der Waals surface area contributed by atoms with Crippen LogP contribution in [-0.4, -0.2) is 36.7 Å². The molecule has 0 bridgehead atoms.